The summed E-state index contributed by atoms with van der Waals surface area (Å²) in [6, 6.07) is -0.878. The van der Waals surface area contributed by atoms with Gasteiger partial charge in [0, 0.05) is 6.42 Å². The number of rotatable bonds is 43. The van der Waals surface area contributed by atoms with Crippen LogP contribution in [-0.2, 0) is 33.2 Å². The first-order chi connectivity index (χ1) is 35.8. The fourth-order valence-corrected chi connectivity index (χ4v) is 10.3. The number of aliphatic hydroxyl groups excluding tert-OH is 11. The maximum atomic E-state index is 13.3. The average Bonchev–Trinajstić information content (AvgIpc) is 3.40. The molecule has 0 radical (unpaired) electrons. The number of carbonyl (C=O) groups is 1. The van der Waals surface area contributed by atoms with Gasteiger partial charge in [0.2, 0.25) is 5.91 Å². The second-order valence-corrected chi connectivity index (χ2v) is 21.5. The Morgan fingerprint density at radius 3 is 1.18 bits per heavy atom. The van der Waals surface area contributed by atoms with Crippen LogP contribution in [0.5, 0.6) is 0 Å². The van der Waals surface area contributed by atoms with Gasteiger partial charge in [-0.25, -0.2) is 0 Å². The van der Waals surface area contributed by atoms with Crippen molar-refractivity contribution in [2.75, 3.05) is 26.4 Å². The molecule has 3 fully saturated rings. The molecule has 19 nitrogen and oxygen atoms in total. The van der Waals surface area contributed by atoms with E-state index >= 15 is 0 Å². The van der Waals surface area contributed by atoms with E-state index in [2.05, 4.69) is 19.2 Å². The Morgan fingerprint density at radius 2 is 0.770 bits per heavy atom. The quantitative estimate of drug-likeness (QED) is 0.0376. The molecule has 0 saturated carbocycles. The molecule has 3 aliphatic rings. The molecule has 0 bridgehead atoms. The zero-order chi connectivity index (χ0) is 54.1. The molecule has 74 heavy (non-hydrogen) atoms. The lowest BCUT2D eigenvalue weighted by Gasteiger charge is -2.48. The molecule has 0 aromatic rings. The summed E-state index contributed by atoms with van der Waals surface area (Å²) in [7, 11) is 0. The number of nitrogens with one attached hydrogen (secondary N) is 1. The lowest BCUT2D eigenvalue weighted by molar-refractivity contribution is -0.379. The molecule has 12 N–H and O–H groups in total. The van der Waals surface area contributed by atoms with E-state index in [-0.39, 0.29) is 18.9 Å². The Morgan fingerprint density at radius 1 is 0.432 bits per heavy atom. The highest BCUT2D eigenvalue weighted by Crippen LogP contribution is 2.33. The van der Waals surface area contributed by atoms with Crippen molar-refractivity contribution in [3.63, 3.8) is 0 Å². The first-order valence-electron chi connectivity index (χ1n) is 29.3. The lowest BCUT2D eigenvalue weighted by Crippen LogP contribution is -2.66. The second kappa shape index (κ2) is 40.0. The highest BCUT2D eigenvalue weighted by Gasteiger charge is 2.53. The largest absolute Gasteiger partial charge is 0.394 e. The van der Waals surface area contributed by atoms with Crippen LogP contribution in [0.2, 0.25) is 0 Å². The van der Waals surface area contributed by atoms with Crippen LogP contribution in [0.4, 0.5) is 0 Å². The van der Waals surface area contributed by atoms with Gasteiger partial charge in [0.1, 0.15) is 73.2 Å². The summed E-state index contributed by atoms with van der Waals surface area (Å²) < 4.78 is 34.3. The Kier molecular flexibility index (Phi) is 36.3. The molecule has 0 aromatic heterocycles. The maximum Gasteiger partial charge on any atom is 0.220 e. The fraction of sp³-hybridized carbons (Fsp3) is 0.982. The van der Waals surface area contributed by atoms with Gasteiger partial charge in [-0.3, -0.25) is 4.79 Å². The highest BCUT2D eigenvalue weighted by molar-refractivity contribution is 5.76. The van der Waals surface area contributed by atoms with Gasteiger partial charge in [-0.1, -0.05) is 194 Å². The molecule has 438 valence electrons. The zero-order valence-corrected chi connectivity index (χ0v) is 45.3. The third-order valence-electron chi connectivity index (χ3n) is 15.2. The fourth-order valence-electron chi connectivity index (χ4n) is 10.3. The zero-order valence-electron chi connectivity index (χ0n) is 45.3. The van der Waals surface area contributed by atoms with Crippen LogP contribution in [0, 0.1) is 0 Å². The van der Waals surface area contributed by atoms with Crippen molar-refractivity contribution in [2.45, 2.75) is 317 Å². The summed E-state index contributed by atoms with van der Waals surface area (Å²) in [6.07, 6.45) is 9.07. The molecule has 3 heterocycles. The molecule has 1 amide bonds. The molecule has 0 spiro atoms. The summed E-state index contributed by atoms with van der Waals surface area (Å²) in [5.74, 6) is -0.240. The van der Waals surface area contributed by atoms with Crippen molar-refractivity contribution in [3.05, 3.63) is 0 Å². The van der Waals surface area contributed by atoms with Gasteiger partial charge in [-0.2, -0.15) is 0 Å². The highest BCUT2D eigenvalue weighted by atomic mass is 16.8. The van der Waals surface area contributed by atoms with E-state index in [9.17, 15) is 61.0 Å². The predicted molar refractivity (Wildman–Crippen MR) is 277 cm³/mol. The van der Waals surface area contributed by atoms with Crippen LogP contribution in [-0.4, -0.2) is 193 Å². The predicted octanol–water partition coefficient (Wildman–Crippen LogP) is 4.43. The number of carbonyl (C=O) groups excluding carboxylic acids is 1. The lowest BCUT2D eigenvalue weighted by atomic mass is 9.96. The van der Waals surface area contributed by atoms with E-state index in [1.807, 2.05) is 0 Å². The SMILES string of the molecule is CCCCCCCCCCCCCCCCCCCC(=O)NC(COC1OC(CO)C(OC2OC(CO)C(OC3OC(CO)C(O)C(O)C3O)C(O)C2O)C(O)C1O)C(O)CCCCCCCCCCCCCC. The van der Waals surface area contributed by atoms with Crippen LogP contribution < -0.4 is 5.32 Å². The molecule has 19 heteroatoms. The number of hydrogen-bond acceptors (Lipinski definition) is 18. The van der Waals surface area contributed by atoms with Crippen LogP contribution in [0.1, 0.15) is 213 Å². The number of aliphatic hydroxyl groups is 11. The van der Waals surface area contributed by atoms with Gasteiger partial charge in [0.25, 0.3) is 0 Å². The molecule has 17 unspecified atom stereocenters. The molecule has 0 aliphatic carbocycles. The molecule has 3 saturated heterocycles. The molecule has 0 aromatic carbocycles. The van der Waals surface area contributed by atoms with Gasteiger partial charge in [-0.05, 0) is 12.8 Å². The van der Waals surface area contributed by atoms with E-state index in [1.54, 1.807) is 0 Å². The van der Waals surface area contributed by atoms with E-state index in [0.717, 1.165) is 44.9 Å². The van der Waals surface area contributed by atoms with Crippen molar-refractivity contribution in [2.24, 2.45) is 0 Å². The van der Waals surface area contributed by atoms with Crippen LogP contribution in [0.3, 0.4) is 0 Å². The Hall–Kier alpha value is -1.21. The molecular formula is C55H105NO18. The number of hydrogen-bond donors (Lipinski definition) is 12. The van der Waals surface area contributed by atoms with E-state index in [4.69, 9.17) is 28.4 Å². The molecule has 17 atom stereocenters. The normalized spacial score (nSPS) is 31.4. The van der Waals surface area contributed by atoms with Gasteiger partial charge in [0.15, 0.2) is 18.9 Å². The molecule has 3 rings (SSSR count). The minimum Gasteiger partial charge on any atom is -0.394 e. The minimum atomic E-state index is -1.97. The molecule has 3 aliphatic heterocycles. The van der Waals surface area contributed by atoms with Crippen molar-refractivity contribution in [1.82, 2.24) is 5.32 Å². The van der Waals surface area contributed by atoms with Gasteiger partial charge in [0.05, 0.1) is 38.6 Å². The minimum absolute atomic E-state index is 0.240. The van der Waals surface area contributed by atoms with Crippen LogP contribution >= 0.6 is 0 Å². The van der Waals surface area contributed by atoms with Crippen molar-refractivity contribution >= 4 is 5.91 Å². The Labute approximate surface area is 443 Å². The summed E-state index contributed by atoms with van der Waals surface area (Å²) in [5.41, 5.74) is 0. The van der Waals surface area contributed by atoms with E-state index in [1.165, 1.54) is 135 Å². The first-order valence-corrected chi connectivity index (χ1v) is 29.3. The summed E-state index contributed by atoms with van der Waals surface area (Å²) >= 11 is 0. The third-order valence-corrected chi connectivity index (χ3v) is 15.2. The third kappa shape index (κ3) is 24.4. The van der Waals surface area contributed by atoms with Gasteiger partial charge in [-0.15, -0.1) is 0 Å². The second-order valence-electron chi connectivity index (χ2n) is 21.5. The standard InChI is InChI=1S/C55H105NO18/c1-3-5-7-9-11-13-15-17-18-19-20-21-23-25-27-29-31-33-43(61)56-38(39(60)32-30-28-26-24-22-16-14-12-10-8-6-4-2)37-69-53-49(67)46(64)51(41(35-58)71-53)74-55-50(68)47(65)52(42(36-59)72-55)73-54-48(66)45(63)44(62)40(34-57)70-54/h38-42,44-55,57-60,62-68H,3-37H2,1-2H3,(H,56,61). The van der Waals surface area contributed by atoms with Crippen LogP contribution in [0.15, 0.2) is 0 Å². The topological polar surface area (TPSA) is 307 Å². The average molecular weight is 1070 g/mol. The van der Waals surface area contributed by atoms with Gasteiger partial charge >= 0.3 is 0 Å². The van der Waals surface area contributed by atoms with Crippen molar-refractivity contribution in [3.8, 4) is 0 Å². The summed E-state index contributed by atoms with van der Waals surface area (Å²) in [5, 5.41) is 120. The Bertz CT molecular complexity index is 1370. The van der Waals surface area contributed by atoms with E-state index in [0.29, 0.717) is 12.8 Å². The monoisotopic (exact) mass is 1070 g/mol. The first kappa shape index (κ1) is 67.1. The van der Waals surface area contributed by atoms with Crippen molar-refractivity contribution < 1.29 is 89.4 Å². The number of ether oxygens (including phenoxy) is 6. The summed E-state index contributed by atoms with van der Waals surface area (Å²) in [6.45, 7) is 1.79. The van der Waals surface area contributed by atoms with Gasteiger partial charge < -0.3 is 89.9 Å². The summed E-state index contributed by atoms with van der Waals surface area (Å²) in [4.78, 5) is 13.3. The Balaban J connectivity index is 1.50. The van der Waals surface area contributed by atoms with E-state index < -0.39 is 124 Å². The molecular weight excluding hydrogens is 963 g/mol. The maximum absolute atomic E-state index is 13.3. The smallest absolute Gasteiger partial charge is 0.220 e. The van der Waals surface area contributed by atoms with Crippen molar-refractivity contribution in [1.29, 1.82) is 0 Å². The number of amides is 1. The van der Waals surface area contributed by atoms with Crippen LogP contribution in [0.25, 0.3) is 0 Å². The number of unbranched alkanes of at least 4 members (excludes halogenated alkanes) is 27.